The van der Waals surface area contributed by atoms with Crippen LogP contribution in [0.15, 0.2) is 56.3 Å². The number of carbonyl (C=O) groups excluding carboxylic acids is 1. The van der Waals surface area contributed by atoms with E-state index in [1.54, 1.807) is 29.8 Å². The average molecular weight is 589 g/mol. The van der Waals surface area contributed by atoms with Gasteiger partial charge in [-0.15, -0.1) is 0 Å². The molecule has 12 heteroatoms. The molecule has 0 saturated carbocycles. The van der Waals surface area contributed by atoms with Gasteiger partial charge in [0.05, 0.1) is 4.90 Å². The van der Waals surface area contributed by atoms with Gasteiger partial charge in [0.15, 0.2) is 0 Å². The number of rotatable bonds is 7. The lowest BCUT2D eigenvalue weighted by atomic mass is 9.84. The largest absolute Gasteiger partial charge is 0.448 e. The fraction of sp³-hybridized carbons (Fsp3) is 0.350. The predicted octanol–water partition coefficient (Wildman–Crippen LogP) is 3.60. The third-order valence-electron chi connectivity index (χ3n) is 5.23. The Balaban J connectivity index is 1.63. The molecule has 2 aromatic rings. The molecule has 2 aromatic carbocycles. The van der Waals surface area contributed by atoms with Gasteiger partial charge in [0.1, 0.15) is 6.61 Å². The Morgan fingerprint density at radius 2 is 2.00 bits per heavy atom. The van der Waals surface area contributed by atoms with Crippen molar-refractivity contribution in [2.45, 2.75) is 37.1 Å². The minimum atomic E-state index is -3.80. The van der Waals surface area contributed by atoms with Crippen LogP contribution in [0.1, 0.15) is 12.0 Å². The second kappa shape index (κ2) is 10.7. The first-order valence-corrected chi connectivity index (χ1v) is 13.0. The third-order valence-corrected chi connectivity index (χ3v) is 8.24. The number of carbonyl (C=O) groups is 1. The second-order valence-corrected chi connectivity index (χ2v) is 11.1. The van der Waals surface area contributed by atoms with E-state index in [0.29, 0.717) is 21.1 Å². The van der Waals surface area contributed by atoms with Crippen molar-refractivity contribution in [3.05, 3.63) is 57.0 Å². The maximum Gasteiger partial charge on any atom is 0.411 e. The molecule has 3 N–H and O–H groups in total. The lowest BCUT2D eigenvalue weighted by molar-refractivity contribution is 0.135. The van der Waals surface area contributed by atoms with Gasteiger partial charge in [-0.25, -0.2) is 17.9 Å². The van der Waals surface area contributed by atoms with Crippen molar-refractivity contribution in [2.24, 2.45) is 0 Å². The van der Waals surface area contributed by atoms with E-state index in [2.05, 4.69) is 41.9 Å². The summed E-state index contributed by atoms with van der Waals surface area (Å²) in [7, 11) is -4.63. The van der Waals surface area contributed by atoms with Gasteiger partial charge in [-0.1, -0.05) is 34.1 Å². The zero-order chi connectivity index (χ0) is 23.5. The van der Waals surface area contributed by atoms with Crippen molar-refractivity contribution in [3.8, 4) is 0 Å². The number of para-hydroxylation sites is 1. The number of aryl methyl sites for hydroxylation is 1. The van der Waals surface area contributed by atoms with Crippen LogP contribution in [0.25, 0.3) is 0 Å². The van der Waals surface area contributed by atoms with Gasteiger partial charge in [0.2, 0.25) is 10.0 Å². The molecule has 3 rings (SSSR count). The molecule has 0 aromatic heterocycles. The first-order valence-electron chi connectivity index (χ1n) is 9.97. The van der Waals surface area contributed by atoms with E-state index in [-0.39, 0.29) is 24.1 Å². The van der Waals surface area contributed by atoms with Crippen molar-refractivity contribution in [2.75, 3.05) is 18.5 Å². The van der Waals surface area contributed by atoms with Gasteiger partial charge >= 0.3 is 13.1 Å². The molecule has 0 spiro atoms. The molecular formula is C20H24BBr2N3O5S. The summed E-state index contributed by atoms with van der Waals surface area (Å²) in [5.74, 6) is 0. The molecule has 1 heterocycles. The predicted molar refractivity (Wildman–Crippen MR) is 131 cm³/mol. The number of halogens is 2. The van der Waals surface area contributed by atoms with Crippen LogP contribution < -0.4 is 10.0 Å². The molecule has 1 amide bonds. The third kappa shape index (κ3) is 6.33. The van der Waals surface area contributed by atoms with Gasteiger partial charge in [-0.05, 0) is 65.9 Å². The molecule has 0 aliphatic carbocycles. The van der Waals surface area contributed by atoms with Gasteiger partial charge in [-0.3, -0.25) is 5.32 Å². The summed E-state index contributed by atoms with van der Waals surface area (Å²) in [4.78, 5) is 14.1. The Kier molecular flexibility index (Phi) is 8.39. The van der Waals surface area contributed by atoms with Crippen LogP contribution in [0.3, 0.4) is 0 Å². The number of anilines is 1. The van der Waals surface area contributed by atoms with E-state index in [1.807, 2.05) is 25.1 Å². The molecule has 0 radical (unpaired) electrons. The van der Waals surface area contributed by atoms with Crippen LogP contribution in [0.5, 0.6) is 0 Å². The summed E-state index contributed by atoms with van der Waals surface area (Å²) in [5, 5.41) is 12.8. The molecule has 0 bridgehead atoms. The summed E-state index contributed by atoms with van der Waals surface area (Å²) in [6, 6.07) is 11.5. The fourth-order valence-electron chi connectivity index (χ4n) is 3.65. The minimum absolute atomic E-state index is 0.0153. The molecule has 8 nitrogen and oxygen atoms in total. The second-order valence-electron chi connectivity index (χ2n) is 7.65. The molecule has 172 valence electrons. The van der Waals surface area contributed by atoms with Crippen molar-refractivity contribution in [3.63, 3.8) is 0 Å². The molecule has 0 unspecified atom stereocenters. The number of hydrogen-bond acceptors (Lipinski definition) is 6. The Labute approximate surface area is 205 Å². The van der Waals surface area contributed by atoms with Gasteiger partial charge < -0.3 is 14.6 Å². The molecule has 1 fully saturated rings. The summed E-state index contributed by atoms with van der Waals surface area (Å²) in [6.45, 7) is 3.78. The average Bonchev–Trinajstić information content (AvgIpc) is 3.12. The molecule has 1 saturated heterocycles. The van der Waals surface area contributed by atoms with E-state index >= 15 is 0 Å². The quantitative estimate of drug-likeness (QED) is 0.427. The van der Waals surface area contributed by atoms with Crippen LogP contribution in [-0.2, 0) is 14.8 Å². The first-order chi connectivity index (χ1) is 15.1. The highest BCUT2D eigenvalue weighted by atomic mass is 79.9. The van der Waals surface area contributed by atoms with E-state index in [9.17, 15) is 18.2 Å². The lowest BCUT2D eigenvalue weighted by Gasteiger charge is -2.24. The molecule has 1 aliphatic rings. The van der Waals surface area contributed by atoms with E-state index in [4.69, 9.17) is 4.74 Å². The van der Waals surface area contributed by atoms with Crippen molar-refractivity contribution in [1.82, 2.24) is 9.53 Å². The summed E-state index contributed by atoms with van der Waals surface area (Å²) < 4.78 is 35.0. The standard InChI is InChI=1S/C20H24BBr2N3O5S/c1-13-5-3-4-6-18(13)24-20(27)31-12-16-10-15(11-26(16)21(2)28)25-32(29,30)19-9-14(22)7-8-17(19)23/h3-9,15-16,25,28H,10-12H2,1-2H3,(H,24,27)/t15-,16-/m1/s1. The van der Waals surface area contributed by atoms with Crippen LogP contribution >= 0.6 is 31.9 Å². The number of hydrogen-bond donors (Lipinski definition) is 3. The number of benzene rings is 2. The topological polar surface area (TPSA) is 108 Å². The monoisotopic (exact) mass is 587 g/mol. The Morgan fingerprint density at radius 3 is 2.69 bits per heavy atom. The maximum atomic E-state index is 12.9. The van der Waals surface area contributed by atoms with E-state index in [1.165, 1.54) is 6.07 Å². The molecule has 1 aliphatic heterocycles. The van der Waals surface area contributed by atoms with E-state index in [0.717, 1.165) is 5.56 Å². The highest BCUT2D eigenvalue weighted by Crippen LogP contribution is 2.27. The van der Waals surface area contributed by atoms with Crippen molar-refractivity contribution >= 4 is 60.7 Å². The number of amides is 1. The highest BCUT2D eigenvalue weighted by Gasteiger charge is 2.38. The Morgan fingerprint density at radius 1 is 1.28 bits per heavy atom. The fourth-order valence-corrected chi connectivity index (χ4v) is 6.39. The smallest absolute Gasteiger partial charge is 0.411 e. The summed E-state index contributed by atoms with van der Waals surface area (Å²) in [5.41, 5.74) is 1.56. The normalized spacial score (nSPS) is 19.0. The van der Waals surface area contributed by atoms with Gasteiger partial charge in [-0.2, -0.15) is 0 Å². The molecule has 32 heavy (non-hydrogen) atoms. The number of nitrogens with one attached hydrogen (secondary N) is 2. The minimum Gasteiger partial charge on any atom is -0.448 e. The molecule has 2 atom stereocenters. The van der Waals surface area contributed by atoms with Gasteiger partial charge in [0, 0.05) is 33.3 Å². The highest BCUT2D eigenvalue weighted by molar-refractivity contribution is 9.11. The maximum absolute atomic E-state index is 12.9. The summed E-state index contributed by atoms with van der Waals surface area (Å²) in [6.07, 6.45) is -0.222. The van der Waals surface area contributed by atoms with Crippen molar-refractivity contribution in [1.29, 1.82) is 0 Å². The number of nitrogens with zero attached hydrogens (tertiary/aromatic N) is 1. The summed E-state index contributed by atoms with van der Waals surface area (Å²) >= 11 is 6.57. The Bertz CT molecular complexity index is 1090. The first kappa shape index (κ1) is 25.2. The molecular weight excluding hydrogens is 565 g/mol. The van der Waals surface area contributed by atoms with Crippen LogP contribution in [0.2, 0.25) is 6.82 Å². The zero-order valence-electron chi connectivity index (χ0n) is 17.6. The van der Waals surface area contributed by atoms with Crippen LogP contribution in [-0.4, -0.2) is 56.6 Å². The van der Waals surface area contributed by atoms with Crippen LogP contribution in [0, 0.1) is 6.92 Å². The number of sulfonamides is 1. The SMILES string of the molecule is CB(O)N1C[C@H](NS(=O)(=O)c2cc(Br)ccc2Br)C[C@@H]1COC(=O)Nc1ccccc1C. The van der Waals surface area contributed by atoms with Gasteiger partial charge in [0.25, 0.3) is 0 Å². The van der Waals surface area contributed by atoms with Crippen molar-refractivity contribution < 1.29 is 23.0 Å². The lowest BCUT2D eigenvalue weighted by Crippen LogP contribution is -2.44. The number of ether oxygens (including phenoxy) is 1. The van der Waals surface area contributed by atoms with Crippen LogP contribution in [0.4, 0.5) is 10.5 Å². The van der Waals surface area contributed by atoms with E-state index < -0.39 is 29.2 Å². The Hall–Kier alpha value is -1.44. The zero-order valence-corrected chi connectivity index (χ0v) is 21.6.